The van der Waals surface area contributed by atoms with Gasteiger partial charge < -0.3 is 4.74 Å². The summed E-state index contributed by atoms with van der Waals surface area (Å²) >= 11 is 0. The first kappa shape index (κ1) is 24.2. The smallest absolute Gasteiger partial charge is 0.261 e. The van der Waals surface area contributed by atoms with Gasteiger partial charge in [0.25, 0.3) is 10.0 Å². The Balaban J connectivity index is 1.51. The number of hydrogen-bond donors (Lipinski definition) is 1. The molecule has 5 rings (SSSR count). The molecule has 0 aliphatic rings. The van der Waals surface area contributed by atoms with E-state index in [9.17, 15) is 8.42 Å². The van der Waals surface area contributed by atoms with E-state index in [1.54, 1.807) is 42.5 Å². The molecule has 0 aromatic heterocycles. The molecule has 0 spiro atoms. The molecule has 1 N–H and O–H groups in total. The van der Waals surface area contributed by atoms with Gasteiger partial charge in [-0.1, -0.05) is 102 Å². The van der Waals surface area contributed by atoms with Crippen molar-refractivity contribution >= 4 is 26.5 Å². The Morgan fingerprint density at radius 2 is 1.43 bits per heavy atom. The minimum absolute atomic E-state index is 0.200. The first-order valence-corrected chi connectivity index (χ1v) is 13.4. The van der Waals surface area contributed by atoms with E-state index in [1.165, 1.54) is 0 Å². The highest BCUT2D eigenvalue weighted by Crippen LogP contribution is 2.29. The van der Waals surface area contributed by atoms with Gasteiger partial charge in [-0.05, 0) is 48.2 Å². The van der Waals surface area contributed by atoms with Crippen LogP contribution in [0.25, 0.3) is 10.8 Å². The van der Waals surface area contributed by atoms with Crippen molar-refractivity contribution in [3.63, 3.8) is 0 Å². The van der Waals surface area contributed by atoms with Gasteiger partial charge in [0.15, 0.2) is 0 Å². The minimum atomic E-state index is -3.76. The summed E-state index contributed by atoms with van der Waals surface area (Å²) < 4.78 is 34.9. The van der Waals surface area contributed by atoms with E-state index in [1.807, 2.05) is 79.7 Å². The summed E-state index contributed by atoms with van der Waals surface area (Å²) in [6.07, 6.45) is 0. The Hall–Kier alpha value is -4.53. The third-order valence-electron chi connectivity index (χ3n) is 5.95. The lowest BCUT2D eigenvalue weighted by Gasteiger charge is -2.12. The maximum atomic E-state index is 13.0. The van der Waals surface area contributed by atoms with Gasteiger partial charge in [-0.15, -0.1) is 0 Å². The molecule has 4 nitrogen and oxygen atoms in total. The van der Waals surface area contributed by atoms with Crippen molar-refractivity contribution in [3.05, 3.63) is 138 Å². The standard InChI is InChI=1S/C32H25NO3S/c1-24-15-19-28(20-16-24)37(34,35)33-31-14-8-6-12-27(31)17-21-30-29-13-7-5-11-26(29)18-22-32(30)36-23-25-9-3-2-4-10-25/h2-16,18-20,22,33H,23H2,1H3. The summed E-state index contributed by atoms with van der Waals surface area (Å²) in [6, 6.07) is 35.8. The van der Waals surface area contributed by atoms with Crippen LogP contribution in [-0.2, 0) is 16.6 Å². The maximum Gasteiger partial charge on any atom is 0.261 e. The van der Waals surface area contributed by atoms with Gasteiger partial charge in [0.05, 0.1) is 16.1 Å². The van der Waals surface area contributed by atoms with Gasteiger partial charge in [-0.2, -0.15) is 0 Å². The third kappa shape index (κ3) is 5.66. The van der Waals surface area contributed by atoms with Crippen LogP contribution in [0, 0.1) is 18.8 Å². The molecule has 0 saturated carbocycles. The summed E-state index contributed by atoms with van der Waals surface area (Å²) in [5.41, 5.74) is 3.80. The number of anilines is 1. The molecule has 0 radical (unpaired) electrons. The molecule has 0 aliphatic heterocycles. The Labute approximate surface area is 217 Å². The Morgan fingerprint density at radius 3 is 2.24 bits per heavy atom. The number of benzene rings is 5. The van der Waals surface area contributed by atoms with Crippen LogP contribution in [0.2, 0.25) is 0 Å². The second-order valence-electron chi connectivity index (χ2n) is 8.65. The molecule has 182 valence electrons. The quantitative estimate of drug-likeness (QED) is 0.256. The van der Waals surface area contributed by atoms with E-state index in [4.69, 9.17) is 4.74 Å². The molecule has 0 atom stereocenters. The molecule has 37 heavy (non-hydrogen) atoms. The summed E-state index contributed by atoms with van der Waals surface area (Å²) in [6.45, 7) is 2.33. The molecular weight excluding hydrogens is 478 g/mol. The van der Waals surface area contributed by atoms with E-state index in [0.717, 1.165) is 27.5 Å². The van der Waals surface area contributed by atoms with Gasteiger partial charge in [-0.3, -0.25) is 4.72 Å². The molecular formula is C32H25NO3S. The highest BCUT2D eigenvalue weighted by molar-refractivity contribution is 7.92. The van der Waals surface area contributed by atoms with Gasteiger partial charge >= 0.3 is 0 Å². The molecule has 0 bridgehead atoms. The fourth-order valence-corrected chi connectivity index (χ4v) is 5.05. The first-order chi connectivity index (χ1) is 18.0. The molecule has 0 fully saturated rings. The molecule has 0 saturated heterocycles. The largest absolute Gasteiger partial charge is 0.488 e. The lowest BCUT2D eigenvalue weighted by molar-refractivity contribution is 0.306. The van der Waals surface area contributed by atoms with Crippen molar-refractivity contribution in [1.82, 2.24) is 0 Å². The number of ether oxygens (including phenoxy) is 1. The van der Waals surface area contributed by atoms with Crippen molar-refractivity contribution in [1.29, 1.82) is 0 Å². The molecule has 5 aromatic rings. The van der Waals surface area contributed by atoms with Crippen LogP contribution in [0.15, 0.2) is 120 Å². The number of rotatable bonds is 6. The van der Waals surface area contributed by atoms with Crippen LogP contribution in [0.1, 0.15) is 22.3 Å². The number of fused-ring (bicyclic) bond motifs is 1. The lowest BCUT2D eigenvalue weighted by Crippen LogP contribution is -2.13. The molecule has 5 aromatic carbocycles. The summed E-state index contributed by atoms with van der Waals surface area (Å²) in [5.74, 6) is 7.13. The van der Waals surface area contributed by atoms with Crippen LogP contribution in [0.5, 0.6) is 5.75 Å². The molecule has 5 heteroatoms. The van der Waals surface area contributed by atoms with Crippen molar-refractivity contribution < 1.29 is 13.2 Å². The maximum absolute atomic E-state index is 13.0. The average Bonchev–Trinajstić information content (AvgIpc) is 2.92. The Bertz CT molecular complexity index is 1720. The predicted molar refractivity (Wildman–Crippen MR) is 149 cm³/mol. The minimum Gasteiger partial charge on any atom is -0.488 e. The van der Waals surface area contributed by atoms with Crippen molar-refractivity contribution in [3.8, 4) is 17.6 Å². The third-order valence-corrected chi connectivity index (χ3v) is 7.33. The summed E-state index contributed by atoms with van der Waals surface area (Å²) in [5, 5.41) is 2.02. The van der Waals surface area contributed by atoms with Gasteiger partial charge in [0, 0.05) is 10.9 Å². The van der Waals surface area contributed by atoms with Crippen LogP contribution in [0.3, 0.4) is 0 Å². The zero-order chi connectivity index (χ0) is 25.7. The topological polar surface area (TPSA) is 55.4 Å². The van der Waals surface area contributed by atoms with Gasteiger partial charge in [0.2, 0.25) is 0 Å². The number of aryl methyl sites for hydroxylation is 1. The fraction of sp³-hybridized carbons (Fsp3) is 0.0625. The van der Waals surface area contributed by atoms with Gasteiger partial charge in [0.1, 0.15) is 12.4 Å². The summed E-state index contributed by atoms with van der Waals surface area (Å²) in [7, 11) is -3.76. The normalized spacial score (nSPS) is 10.9. The SMILES string of the molecule is Cc1ccc(S(=O)(=O)Nc2ccccc2C#Cc2c(OCc3ccccc3)ccc3ccccc23)cc1. The average molecular weight is 504 g/mol. The first-order valence-electron chi connectivity index (χ1n) is 11.9. The molecule has 0 unspecified atom stereocenters. The fourth-order valence-electron chi connectivity index (χ4n) is 3.97. The highest BCUT2D eigenvalue weighted by Gasteiger charge is 2.15. The Morgan fingerprint density at radius 1 is 0.730 bits per heavy atom. The molecule has 0 amide bonds. The van der Waals surface area contributed by atoms with E-state index < -0.39 is 10.0 Å². The van der Waals surface area contributed by atoms with Crippen molar-refractivity contribution in [2.45, 2.75) is 18.4 Å². The number of nitrogens with one attached hydrogen (secondary N) is 1. The van der Waals surface area contributed by atoms with Crippen molar-refractivity contribution in [2.75, 3.05) is 4.72 Å². The molecule has 0 heterocycles. The predicted octanol–water partition coefficient (Wildman–Crippen LogP) is 6.93. The monoisotopic (exact) mass is 503 g/mol. The number of hydrogen-bond acceptors (Lipinski definition) is 3. The van der Waals surface area contributed by atoms with E-state index >= 15 is 0 Å². The van der Waals surface area contributed by atoms with Crippen LogP contribution in [-0.4, -0.2) is 8.42 Å². The van der Waals surface area contributed by atoms with Gasteiger partial charge in [-0.25, -0.2) is 8.42 Å². The van der Waals surface area contributed by atoms with E-state index in [2.05, 4.69) is 16.6 Å². The second-order valence-corrected chi connectivity index (χ2v) is 10.3. The van der Waals surface area contributed by atoms with Crippen LogP contribution in [0.4, 0.5) is 5.69 Å². The van der Waals surface area contributed by atoms with E-state index in [0.29, 0.717) is 23.6 Å². The van der Waals surface area contributed by atoms with Crippen molar-refractivity contribution in [2.24, 2.45) is 0 Å². The lowest BCUT2D eigenvalue weighted by atomic mass is 10.0. The van der Waals surface area contributed by atoms with E-state index in [-0.39, 0.29) is 4.90 Å². The van der Waals surface area contributed by atoms with Crippen LogP contribution < -0.4 is 9.46 Å². The number of para-hydroxylation sites is 1. The summed E-state index contributed by atoms with van der Waals surface area (Å²) in [4.78, 5) is 0.200. The highest BCUT2D eigenvalue weighted by atomic mass is 32.2. The zero-order valence-electron chi connectivity index (χ0n) is 20.3. The second kappa shape index (κ2) is 10.6. The van der Waals surface area contributed by atoms with Crippen LogP contribution >= 0.6 is 0 Å². The Kier molecular flexibility index (Phi) is 6.93. The zero-order valence-corrected chi connectivity index (χ0v) is 21.1. The number of sulfonamides is 1. The molecule has 0 aliphatic carbocycles.